The summed E-state index contributed by atoms with van der Waals surface area (Å²) < 4.78 is 0. The van der Waals surface area contributed by atoms with Gasteiger partial charge in [0, 0.05) is 18.8 Å². The number of aromatic amines is 1. The molecule has 1 aromatic rings. The number of amides is 1. The van der Waals surface area contributed by atoms with Crippen molar-refractivity contribution in [2.24, 2.45) is 5.92 Å². The summed E-state index contributed by atoms with van der Waals surface area (Å²) in [5.74, 6) is 0.331. The van der Waals surface area contributed by atoms with Gasteiger partial charge in [0.2, 0.25) is 0 Å². The highest BCUT2D eigenvalue weighted by atomic mass is 16.1. The molecule has 102 valence electrons. The van der Waals surface area contributed by atoms with Crippen LogP contribution < -0.4 is 5.32 Å². The molecular weight excluding hydrogens is 228 g/mol. The Hall–Kier alpha value is -1.36. The molecule has 1 heterocycles. The second-order valence-electron chi connectivity index (χ2n) is 5.11. The van der Waals surface area contributed by atoms with Gasteiger partial charge in [0.25, 0.3) is 5.91 Å². The van der Waals surface area contributed by atoms with E-state index in [-0.39, 0.29) is 5.91 Å². The number of hydrogen-bond donors (Lipinski definition) is 2. The zero-order valence-corrected chi connectivity index (χ0v) is 11.8. The Morgan fingerprint density at radius 2 is 2.28 bits per heavy atom. The average molecular weight is 252 g/mol. The van der Waals surface area contributed by atoms with Crippen LogP contribution in [0.3, 0.4) is 0 Å². The Bertz CT molecular complexity index is 373. The van der Waals surface area contributed by atoms with E-state index in [1.807, 2.05) is 20.2 Å². The number of nitrogens with zero attached hydrogens (tertiary/aromatic N) is 2. The van der Waals surface area contributed by atoms with E-state index in [1.54, 1.807) is 0 Å². The van der Waals surface area contributed by atoms with Crippen LogP contribution in [0.25, 0.3) is 0 Å². The van der Waals surface area contributed by atoms with Crippen molar-refractivity contribution in [3.05, 3.63) is 17.5 Å². The molecule has 0 aliphatic rings. The number of carbonyl (C=O) groups excluding carboxylic acids is 1. The normalized spacial score (nSPS) is 12.7. The highest BCUT2D eigenvalue weighted by Crippen LogP contribution is 2.03. The van der Waals surface area contributed by atoms with Crippen LogP contribution >= 0.6 is 0 Å². The highest BCUT2D eigenvalue weighted by Gasteiger charge is 2.11. The van der Waals surface area contributed by atoms with E-state index >= 15 is 0 Å². The minimum Gasteiger partial charge on any atom is -0.350 e. The molecule has 18 heavy (non-hydrogen) atoms. The van der Waals surface area contributed by atoms with E-state index < -0.39 is 0 Å². The molecule has 0 aliphatic heterocycles. The van der Waals surface area contributed by atoms with Crippen molar-refractivity contribution in [3.8, 4) is 0 Å². The number of hydrogen-bond acceptors (Lipinski definition) is 3. The lowest BCUT2D eigenvalue weighted by atomic mass is 10.1. The Kier molecular flexibility index (Phi) is 5.85. The Morgan fingerprint density at radius 1 is 1.56 bits per heavy atom. The lowest BCUT2D eigenvalue weighted by molar-refractivity contribution is 0.0941. The SMILES string of the molecule is CCCc1cc(C(=O)NCC(C)CN(C)C)n[nH]1. The summed E-state index contributed by atoms with van der Waals surface area (Å²) in [6.07, 6.45) is 1.97. The summed E-state index contributed by atoms with van der Waals surface area (Å²) in [6, 6.07) is 1.83. The third-order valence-electron chi connectivity index (χ3n) is 2.67. The molecular formula is C13H24N4O. The fourth-order valence-corrected chi connectivity index (χ4v) is 1.92. The molecule has 5 heteroatoms. The summed E-state index contributed by atoms with van der Waals surface area (Å²) in [4.78, 5) is 14.0. The second-order valence-corrected chi connectivity index (χ2v) is 5.11. The van der Waals surface area contributed by atoms with Crippen LogP contribution in [0.15, 0.2) is 6.07 Å². The van der Waals surface area contributed by atoms with Crippen LogP contribution in [0, 0.1) is 5.92 Å². The van der Waals surface area contributed by atoms with Crippen LogP contribution in [0.5, 0.6) is 0 Å². The van der Waals surface area contributed by atoms with Crippen LogP contribution in [0.4, 0.5) is 0 Å². The van der Waals surface area contributed by atoms with Gasteiger partial charge >= 0.3 is 0 Å². The maximum Gasteiger partial charge on any atom is 0.271 e. The van der Waals surface area contributed by atoms with E-state index in [2.05, 4.69) is 34.3 Å². The molecule has 1 aromatic heterocycles. The van der Waals surface area contributed by atoms with Crippen molar-refractivity contribution in [2.75, 3.05) is 27.2 Å². The predicted molar refractivity (Wildman–Crippen MR) is 72.6 cm³/mol. The van der Waals surface area contributed by atoms with Crippen LogP contribution in [-0.2, 0) is 6.42 Å². The highest BCUT2D eigenvalue weighted by molar-refractivity contribution is 5.92. The van der Waals surface area contributed by atoms with Crippen molar-refractivity contribution in [2.45, 2.75) is 26.7 Å². The standard InChI is InChI=1S/C13H24N4O/c1-5-6-11-7-12(16-15-11)13(18)14-8-10(2)9-17(3)4/h7,10H,5-6,8-9H2,1-4H3,(H,14,18)(H,15,16). The Morgan fingerprint density at radius 3 is 2.89 bits per heavy atom. The number of aryl methyl sites for hydroxylation is 1. The first kappa shape index (κ1) is 14.7. The van der Waals surface area contributed by atoms with Gasteiger partial charge in [-0.1, -0.05) is 20.3 Å². The smallest absolute Gasteiger partial charge is 0.271 e. The van der Waals surface area contributed by atoms with Crippen LogP contribution in [0.1, 0.15) is 36.5 Å². The zero-order chi connectivity index (χ0) is 13.5. The van der Waals surface area contributed by atoms with Crippen molar-refractivity contribution in [1.29, 1.82) is 0 Å². The lowest BCUT2D eigenvalue weighted by Crippen LogP contribution is -2.33. The fourth-order valence-electron chi connectivity index (χ4n) is 1.92. The summed E-state index contributed by atoms with van der Waals surface area (Å²) >= 11 is 0. The molecule has 0 radical (unpaired) electrons. The van der Waals surface area contributed by atoms with Gasteiger partial charge in [-0.2, -0.15) is 5.10 Å². The molecule has 2 N–H and O–H groups in total. The largest absolute Gasteiger partial charge is 0.350 e. The van der Waals surface area contributed by atoms with Crippen molar-refractivity contribution >= 4 is 5.91 Å². The van der Waals surface area contributed by atoms with Gasteiger partial charge in [-0.15, -0.1) is 0 Å². The molecule has 5 nitrogen and oxygen atoms in total. The third-order valence-corrected chi connectivity index (χ3v) is 2.67. The van der Waals surface area contributed by atoms with Crippen molar-refractivity contribution < 1.29 is 4.79 Å². The molecule has 0 aliphatic carbocycles. The monoisotopic (exact) mass is 252 g/mol. The Labute approximate surface area is 109 Å². The van der Waals surface area contributed by atoms with E-state index in [1.165, 1.54) is 0 Å². The van der Waals surface area contributed by atoms with E-state index in [4.69, 9.17) is 0 Å². The summed E-state index contributed by atoms with van der Waals surface area (Å²) in [6.45, 7) is 5.85. The molecule has 0 saturated carbocycles. The molecule has 0 bridgehead atoms. The molecule has 0 aromatic carbocycles. The fraction of sp³-hybridized carbons (Fsp3) is 0.692. The zero-order valence-electron chi connectivity index (χ0n) is 11.8. The molecule has 1 rings (SSSR count). The van der Waals surface area contributed by atoms with Gasteiger partial charge in [-0.3, -0.25) is 9.89 Å². The van der Waals surface area contributed by atoms with Gasteiger partial charge in [0.05, 0.1) is 0 Å². The van der Waals surface area contributed by atoms with Gasteiger partial charge in [-0.25, -0.2) is 0 Å². The molecule has 0 fully saturated rings. The summed E-state index contributed by atoms with van der Waals surface area (Å²) in [5.41, 5.74) is 1.50. The van der Waals surface area contributed by atoms with Crippen LogP contribution in [0.2, 0.25) is 0 Å². The maximum atomic E-state index is 11.8. The first-order valence-electron chi connectivity index (χ1n) is 6.50. The number of rotatable bonds is 7. The maximum absolute atomic E-state index is 11.8. The van der Waals surface area contributed by atoms with E-state index in [9.17, 15) is 4.79 Å². The quantitative estimate of drug-likeness (QED) is 0.768. The minimum atomic E-state index is -0.0980. The van der Waals surface area contributed by atoms with Gasteiger partial charge in [-0.05, 0) is 32.5 Å². The topological polar surface area (TPSA) is 61.0 Å². The van der Waals surface area contributed by atoms with Crippen molar-refractivity contribution in [1.82, 2.24) is 20.4 Å². The predicted octanol–water partition coefficient (Wildman–Crippen LogP) is 1.29. The Balaban J connectivity index is 2.40. The molecule has 1 atom stereocenters. The van der Waals surface area contributed by atoms with Crippen LogP contribution in [-0.4, -0.2) is 48.2 Å². The first-order chi connectivity index (χ1) is 8.52. The number of H-pyrrole nitrogens is 1. The van der Waals surface area contributed by atoms with Gasteiger partial charge in [0.1, 0.15) is 5.69 Å². The molecule has 0 saturated heterocycles. The number of carbonyl (C=O) groups is 1. The lowest BCUT2D eigenvalue weighted by Gasteiger charge is -2.16. The molecule has 0 spiro atoms. The number of aromatic nitrogens is 2. The number of nitrogens with one attached hydrogen (secondary N) is 2. The van der Waals surface area contributed by atoms with E-state index in [0.717, 1.165) is 25.1 Å². The van der Waals surface area contributed by atoms with Crippen molar-refractivity contribution in [3.63, 3.8) is 0 Å². The second kappa shape index (κ2) is 7.16. The van der Waals surface area contributed by atoms with E-state index in [0.29, 0.717) is 18.2 Å². The third kappa shape index (κ3) is 4.87. The van der Waals surface area contributed by atoms with Gasteiger partial charge < -0.3 is 10.2 Å². The first-order valence-corrected chi connectivity index (χ1v) is 6.50. The van der Waals surface area contributed by atoms with Gasteiger partial charge in [0.15, 0.2) is 0 Å². The minimum absolute atomic E-state index is 0.0980. The summed E-state index contributed by atoms with van der Waals surface area (Å²) in [5, 5.41) is 9.83. The summed E-state index contributed by atoms with van der Waals surface area (Å²) in [7, 11) is 4.06. The molecule has 1 unspecified atom stereocenters. The average Bonchev–Trinajstić information content (AvgIpc) is 2.74. The molecule has 1 amide bonds.